The summed E-state index contributed by atoms with van der Waals surface area (Å²) < 4.78 is 0. The quantitative estimate of drug-likeness (QED) is 0.940. The molecule has 0 saturated carbocycles. The van der Waals surface area contributed by atoms with Crippen LogP contribution in [-0.2, 0) is 11.3 Å². The zero-order valence-electron chi connectivity index (χ0n) is 13.2. The molecule has 1 heterocycles. The zero-order chi connectivity index (χ0) is 15.4. The highest BCUT2D eigenvalue weighted by Gasteiger charge is 2.24. The number of piperidine rings is 1. The minimum atomic E-state index is 0.198. The van der Waals surface area contributed by atoms with Gasteiger partial charge in [0.2, 0.25) is 5.91 Å². The highest BCUT2D eigenvalue weighted by molar-refractivity contribution is 5.85. The molecule has 1 amide bonds. The third kappa shape index (κ3) is 3.30. The number of rotatable bonds is 4. The first kappa shape index (κ1) is 15.0. The lowest BCUT2D eigenvalue weighted by Gasteiger charge is -2.31. The summed E-state index contributed by atoms with van der Waals surface area (Å²) in [6.07, 6.45) is 1.94. The van der Waals surface area contributed by atoms with Crippen LogP contribution in [-0.4, -0.2) is 30.4 Å². The molecule has 1 fully saturated rings. The second-order valence-electron chi connectivity index (χ2n) is 6.08. The second-order valence-corrected chi connectivity index (χ2v) is 6.08. The van der Waals surface area contributed by atoms with Crippen LogP contribution in [0.1, 0.15) is 25.3 Å². The SMILES string of the molecule is CCNC(=O)C1CCN(Cc2cccc3ccccc23)CC1. The molecule has 2 aromatic carbocycles. The molecule has 3 nitrogen and oxygen atoms in total. The Balaban J connectivity index is 1.64. The van der Waals surface area contributed by atoms with E-state index in [9.17, 15) is 4.79 Å². The Bertz CT molecular complexity index is 639. The third-order valence-electron chi connectivity index (χ3n) is 4.58. The van der Waals surface area contributed by atoms with Gasteiger partial charge in [0, 0.05) is 19.0 Å². The van der Waals surface area contributed by atoms with Crippen molar-refractivity contribution in [2.45, 2.75) is 26.3 Å². The first-order valence-electron chi connectivity index (χ1n) is 8.24. The molecule has 2 aromatic rings. The molecule has 0 unspecified atom stereocenters. The summed E-state index contributed by atoms with van der Waals surface area (Å²) in [6, 6.07) is 15.1. The summed E-state index contributed by atoms with van der Waals surface area (Å²) in [5.74, 6) is 0.427. The van der Waals surface area contributed by atoms with E-state index in [2.05, 4.69) is 52.7 Å². The van der Waals surface area contributed by atoms with Gasteiger partial charge < -0.3 is 5.32 Å². The lowest BCUT2D eigenvalue weighted by Crippen LogP contribution is -2.40. The maximum absolute atomic E-state index is 11.9. The van der Waals surface area contributed by atoms with Crippen LogP contribution in [0.3, 0.4) is 0 Å². The molecule has 0 atom stereocenters. The number of likely N-dealkylation sites (tertiary alicyclic amines) is 1. The Morgan fingerprint density at radius 3 is 2.64 bits per heavy atom. The van der Waals surface area contributed by atoms with Crippen LogP contribution >= 0.6 is 0 Å². The highest BCUT2D eigenvalue weighted by atomic mass is 16.1. The van der Waals surface area contributed by atoms with Crippen molar-refractivity contribution in [3.8, 4) is 0 Å². The number of nitrogens with one attached hydrogen (secondary N) is 1. The molecule has 1 aliphatic heterocycles. The number of carbonyl (C=O) groups is 1. The maximum Gasteiger partial charge on any atom is 0.223 e. The largest absolute Gasteiger partial charge is 0.356 e. The number of hydrogen-bond acceptors (Lipinski definition) is 2. The molecule has 0 spiro atoms. The second kappa shape index (κ2) is 6.93. The van der Waals surface area contributed by atoms with E-state index in [1.54, 1.807) is 0 Å². The Hall–Kier alpha value is -1.87. The average Bonchev–Trinajstić information content (AvgIpc) is 2.56. The van der Waals surface area contributed by atoms with Crippen molar-refractivity contribution in [1.82, 2.24) is 10.2 Å². The van der Waals surface area contributed by atoms with Crippen LogP contribution in [0.15, 0.2) is 42.5 Å². The monoisotopic (exact) mass is 296 g/mol. The molecule has 116 valence electrons. The van der Waals surface area contributed by atoms with Crippen molar-refractivity contribution < 1.29 is 4.79 Å². The Kier molecular flexibility index (Phi) is 4.74. The van der Waals surface area contributed by atoms with E-state index in [0.717, 1.165) is 39.0 Å². The van der Waals surface area contributed by atoms with E-state index < -0.39 is 0 Å². The summed E-state index contributed by atoms with van der Waals surface area (Å²) in [5.41, 5.74) is 1.38. The first-order chi connectivity index (χ1) is 10.8. The van der Waals surface area contributed by atoms with Gasteiger partial charge in [0.25, 0.3) is 0 Å². The van der Waals surface area contributed by atoms with E-state index in [1.807, 2.05) is 6.92 Å². The van der Waals surface area contributed by atoms with Gasteiger partial charge in [-0.25, -0.2) is 0 Å². The molecular weight excluding hydrogens is 272 g/mol. The van der Waals surface area contributed by atoms with Gasteiger partial charge in [-0.1, -0.05) is 42.5 Å². The fourth-order valence-corrected chi connectivity index (χ4v) is 3.34. The topological polar surface area (TPSA) is 32.3 Å². The third-order valence-corrected chi connectivity index (χ3v) is 4.58. The van der Waals surface area contributed by atoms with E-state index >= 15 is 0 Å². The van der Waals surface area contributed by atoms with Gasteiger partial charge in [-0.3, -0.25) is 9.69 Å². The van der Waals surface area contributed by atoms with Crippen LogP contribution < -0.4 is 5.32 Å². The smallest absolute Gasteiger partial charge is 0.223 e. The number of carbonyl (C=O) groups excluding carboxylic acids is 1. The number of fused-ring (bicyclic) bond motifs is 1. The highest BCUT2D eigenvalue weighted by Crippen LogP contribution is 2.23. The summed E-state index contributed by atoms with van der Waals surface area (Å²) in [7, 11) is 0. The molecule has 0 radical (unpaired) electrons. The van der Waals surface area contributed by atoms with Gasteiger partial charge in [0.05, 0.1) is 0 Å². The van der Waals surface area contributed by atoms with Crippen molar-refractivity contribution in [2.75, 3.05) is 19.6 Å². The summed E-state index contributed by atoms with van der Waals surface area (Å²) in [5, 5.41) is 5.59. The summed E-state index contributed by atoms with van der Waals surface area (Å²) in [6.45, 7) is 5.70. The molecule has 0 bridgehead atoms. The van der Waals surface area contributed by atoms with Gasteiger partial charge in [-0.15, -0.1) is 0 Å². The molecule has 3 heteroatoms. The number of benzene rings is 2. The Morgan fingerprint density at radius 1 is 1.14 bits per heavy atom. The van der Waals surface area contributed by atoms with E-state index in [0.29, 0.717) is 0 Å². The molecule has 22 heavy (non-hydrogen) atoms. The molecule has 0 aromatic heterocycles. The first-order valence-corrected chi connectivity index (χ1v) is 8.24. The number of amides is 1. The molecule has 1 aliphatic rings. The van der Waals surface area contributed by atoms with Crippen molar-refractivity contribution in [3.63, 3.8) is 0 Å². The molecule has 0 aliphatic carbocycles. The predicted octanol–water partition coefficient (Wildman–Crippen LogP) is 3.19. The van der Waals surface area contributed by atoms with Crippen LogP contribution in [0, 0.1) is 5.92 Å². The van der Waals surface area contributed by atoms with Gasteiger partial charge >= 0.3 is 0 Å². The molecule has 1 N–H and O–H groups in total. The average molecular weight is 296 g/mol. The van der Waals surface area contributed by atoms with E-state index in [4.69, 9.17) is 0 Å². The normalized spacial score (nSPS) is 16.8. The number of hydrogen-bond donors (Lipinski definition) is 1. The van der Waals surface area contributed by atoms with E-state index in [1.165, 1.54) is 16.3 Å². The van der Waals surface area contributed by atoms with Crippen LogP contribution in [0.4, 0.5) is 0 Å². The van der Waals surface area contributed by atoms with Crippen molar-refractivity contribution in [1.29, 1.82) is 0 Å². The lowest BCUT2D eigenvalue weighted by molar-refractivity contribution is -0.126. The van der Waals surface area contributed by atoms with Gasteiger partial charge in [0.1, 0.15) is 0 Å². The minimum Gasteiger partial charge on any atom is -0.356 e. The lowest BCUT2D eigenvalue weighted by atomic mass is 9.95. The zero-order valence-corrected chi connectivity index (χ0v) is 13.2. The van der Waals surface area contributed by atoms with Crippen LogP contribution in [0.5, 0.6) is 0 Å². The predicted molar refractivity (Wildman–Crippen MR) is 90.6 cm³/mol. The fraction of sp³-hybridized carbons (Fsp3) is 0.421. The number of nitrogens with zero attached hydrogens (tertiary/aromatic N) is 1. The van der Waals surface area contributed by atoms with Gasteiger partial charge in [-0.05, 0) is 49.2 Å². The van der Waals surface area contributed by atoms with Crippen molar-refractivity contribution >= 4 is 16.7 Å². The molecule has 1 saturated heterocycles. The maximum atomic E-state index is 11.9. The van der Waals surface area contributed by atoms with Gasteiger partial charge in [0.15, 0.2) is 0 Å². The van der Waals surface area contributed by atoms with Crippen LogP contribution in [0.25, 0.3) is 10.8 Å². The summed E-state index contributed by atoms with van der Waals surface area (Å²) >= 11 is 0. The minimum absolute atomic E-state index is 0.198. The van der Waals surface area contributed by atoms with Crippen molar-refractivity contribution in [2.24, 2.45) is 5.92 Å². The van der Waals surface area contributed by atoms with E-state index in [-0.39, 0.29) is 11.8 Å². The van der Waals surface area contributed by atoms with Gasteiger partial charge in [-0.2, -0.15) is 0 Å². The van der Waals surface area contributed by atoms with Crippen molar-refractivity contribution in [3.05, 3.63) is 48.0 Å². The Labute approximate surface area is 132 Å². The molecule has 3 rings (SSSR count). The van der Waals surface area contributed by atoms with Crippen LogP contribution in [0.2, 0.25) is 0 Å². The molecular formula is C19H24N2O. The standard InChI is InChI=1S/C19H24N2O/c1-2-20-19(22)16-10-12-21(13-11-16)14-17-8-5-7-15-6-3-4-9-18(15)17/h3-9,16H,2,10-14H2,1H3,(H,20,22). The Morgan fingerprint density at radius 2 is 1.86 bits per heavy atom. The summed E-state index contributed by atoms with van der Waals surface area (Å²) in [4.78, 5) is 14.4. The fourth-order valence-electron chi connectivity index (χ4n) is 3.34.